The van der Waals surface area contributed by atoms with Crippen LogP contribution in [0.2, 0.25) is 0 Å². The van der Waals surface area contributed by atoms with Crippen molar-refractivity contribution in [3.8, 4) is 0 Å². The maximum atomic E-state index is 2.72. The van der Waals surface area contributed by atoms with E-state index in [4.69, 9.17) is 0 Å². The molecule has 2 aliphatic rings. The molecule has 0 aromatic heterocycles. The van der Waals surface area contributed by atoms with E-state index in [1.54, 1.807) is 11.1 Å². The molecule has 2 atom stereocenters. The predicted octanol–water partition coefficient (Wildman–Crippen LogP) is 6.88. The van der Waals surface area contributed by atoms with Crippen LogP contribution in [0.3, 0.4) is 0 Å². The first-order chi connectivity index (χ1) is 15.2. The molecule has 0 spiro atoms. The molecular weight excluding hydrogens is 376 g/mol. The molecule has 1 aromatic rings. The van der Waals surface area contributed by atoms with Gasteiger partial charge in [-0.3, -0.25) is 4.90 Å². The quantitative estimate of drug-likeness (QED) is 0.383. The Kier molecular flexibility index (Phi) is 10.4. The molecule has 2 unspecified atom stereocenters. The van der Waals surface area contributed by atoms with Crippen LogP contribution in [0.15, 0.2) is 53.6 Å². The Morgan fingerprint density at radius 1 is 1.00 bits per heavy atom. The number of hydrogen-bond acceptors (Lipinski definition) is 2. The minimum Gasteiger partial charge on any atom is -0.301 e. The fraction of sp³-hybridized carbons (Fsp3) is 0.655. The van der Waals surface area contributed by atoms with Crippen LogP contribution in [0.1, 0.15) is 77.7 Å². The average molecular weight is 423 g/mol. The normalized spacial score (nSPS) is 21.5. The second-order valence-corrected chi connectivity index (χ2v) is 9.84. The fourth-order valence-electron chi connectivity index (χ4n) is 5.50. The molecule has 172 valence electrons. The van der Waals surface area contributed by atoms with Crippen LogP contribution in [-0.4, -0.2) is 48.6 Å². The van der Waals surface area contributed by atoms with Crippen molar-refractivity contribution in [2.45, 2.75) is 84.6 Å². The molecule has 1 heterocycles. The van der Waals surface area contributed by atoms with Crippen molar-refractivity contribution in [2.24, 2.45) is 5.92 Å². The Hall–Kier alpha value is -1.38. The summed E-state index contributed by atoms with van der Waals surface area (Å²) in [5, 5.41) is 0. The van der Waals surface area contributed by atoms with Gasteiger partial charge in [-0.05, 0) is 89.5 Å². The van der Waals surface area contributed by atoms with Crippen molar-refractivity contribution >= 4 is 0 Å². The van der Waals surface area contributed by atoms with Gasteiger partial charge in [0.2, 0.25) is 0 Å². The van der Waals surface area contributed by atoms with Gasteiger partial charge in [-0.25, -0.2) is 0 Å². The molecule has 1 saturated heterocycles. The maximum Gasteiger partial charge on any atom is 0.0198 e. The van der Waals surface area contributed by atoms with Crippen molar-refractivity contribution in [1.82, 2.24) is 9.80 Å². The zero-order valence-electron chi connectivity index (χ0n) is 20.5. The Labute approximate surface area is 192 Å². The highest BCUT2D eigenvalue weighted by molar-refractivity contribution is 5.28. The van der Waals surface area contributed by atoms with Gasteiger partial charge in [0.15, 0.2) is 0 Å². The van der Waals surface area contributed by atoms with Crippen molar-refractivity contribution in [3.05, 3.63) is 59.2 Å². The summed E-state index contributed by atoms with van der Waals surface area (Å²) < 4.78 is 0. The minimum atomic E-state index is 0.630. The van der Waals surface area contributed by atoms with Crippen LogP contribution >= 0.6 is 0 Å². The molecule has 0 saturated carbocycles. The molecule has 1 aliphatic heterocycles. The van der Waals surface area contributed by atoms with Gasteiger partial charge in [0.25, 0.3) is 0 Å². The number of rotatable bonds is 11. The first-order valence-electron chi connectivity index (χ1n) is 13.1. The highest BCUT2D eigenvalue weighted by atomic mass is 15.1. The zero-order chi connectivity index (χ0) is 21.9. The van der Waals surface area contributed by atoms with Gasteiger partial charge >= 0.3 is 0 Å². The number of aryl methyl sites for hydroxylation is 1. The number of benzene rings is 1. The second kappa shape index (κ2) is 13.2. The molecule has 31 heavy (non-hydrogen) atoms. The first kappa shape index (κ1) is 24.3. The third-order valence-corrected chi connectivity index (χ3v) is 7.50. The molecule has 1 fully saturated rings. The van der Waals surface area contributed by atoms with Gasteiger partial charge in [-0.2, -0.15) is 0 Å². The van der Waals surface area contributed by atoms with Gasteiger partial charge in [-0.1, -0.05) is 80.3 Å². The number of allylic oxidation sites excluding steroid dienone is 2. The summed E-state index contributed by atoms with van der Waals surface area (Å²) in [5.41, 5.74) is 4.82. The molecule has 0 N–H and O–H groups in total. The highest BCUT2D eigenvalue weighted by Gasteiger charge is 2.22. The topological polar surface area (TPSA) is 6.48 Å². The van der Waals surface area contributed by atoms with Crippen LogP contribution in [-0.2, 0) is 6.42 Å². The summed E-state index contributed by atoms with van der Waals surface area (Å²) in [7, 11) is 0. The molecule has 1 aromatic carbocycles. The number of nitrogens with zero attached hydrogens (tertiary/aromatic N) is 2. The highest BCUT2D eigenvalue weighted by Crippen LogP contribution is 2.31. The lowest BCUT2D eigenvalue weighted by molar-refractivity contribution is 0.213. The Morgan fingerprint density at radius 3 is 2.42 bits per heavy atom. The van der Waals surface area contributed by atoms with Gasteiger partial charge in [0, 0.05) is 12.6 Å². The van der Waals surface area contributed by atoms with Crippen molar-refractivity contribution < 1.29 is 0 Å². The van der Waals surface area contributed by atoms with Crippen LogP contribution in [0.25, 0.3) is 0 Å². The summed E-state index contributed by atoms with van der Waals surface area (Å²) in [6, 6.07) is 11.6. The first-order valence-corrected chi connectivity index (χ1v) is 13.1. The molecular formula is C29H46N2. The molecule has 2 nitrogen and oxygen atoms in total. The predicted molar refractivity (Wildman–Crippen MR) is 136 cm³/mol. The van der Waals surface area contributed by atoms with Crippen LogP contribution in [0.4, 0.5) is 0 Å². The number of hydrogen-bond donors (Lipinski definition) is 0. The van der Waals surface area contributed by atoms with E-state index in [2.05, 4.69) is 73.1 Å². The van der Waals surface area contributed by atoms with Crippen LogP contribution in [0, 0.1) is 5.92 Å². The van der Waals surface area contributed by atoms with Crippen molar-refractivity contribution in [1.29, 1.82) is 0 Å². The molecule has 3 rings (SSSR count). The van der Waals surface area contributed by atoms with E-state index < -0.39 is 0 Å². The van der Waals surface area contributed by atoms with Crippen LogP contribution in [0.5, 0.6) is 0 Å². The van der Waals surface area contributed by atoms with E-state index >= 15 is 0 Å². The fourth-order valence-corrected chi connectivity index (χ4v) is 5.50. The maximum absolute atomic E-state index is 2.72. The molecule has 1 aliphatic carbocycles. The van der Waals surface area contributed by atoms with Crippen molar-refractivity contribution in [3.63, 3.8) is 0 Å². The van der Waals surface area contributed by atoms with Gasteiger partial charge in [0.05, 0.1) is 0 Å². The van der Waals surface area contributed by atoms with E-state index in [1.807, 2.05) is 0 Å². The average Bonchev–Trinajstić information content (AvgIpc) is 3.07. The molecule has 0 amide bonds. The van der Waals surface area contributed by atoms with Gasteiger partial charge in [-0.15, -0.1) is 0 Å². The zero-order valence-corrected chi connectivity index (χ0v) is 20.5. The smallest absolute Gasteiger partial charge is 0.0198 e. The van der Waals surface area contributed by atoms with E-state index in [1.165, 1.54) is 89.5 Å². The largest absolute Gasteiger partial charge is 0.301 e. The molecule has 2 heteroatoms. The standard InChI is InChI=1S/C29H46N2/c1-4-28-23-27(17-18-29(28)24-30-19-11-6-7-12-20-30)22-25(3)31(5-2)21-13-16-26-14-9-8-10-15-26/h8-10,14-15,17-18,25,28H,4-7,11-13,16,19-24H2,1-3H3. The molecule has 0 radical (unpaired) electrons. The monoisotopic (exact) mass is 422 g/mol. The Balaban J connectivity index is 1.51. The Bertz CT molecular complexity index is 682. The lowest BCUT2D eigenvalue weighted by Crippen LogP contribution is -2.35. The van der Waals surface area contributed by atoms with E-state index in [-0.39, 0.29) is 0 Å². The second-order valence-electron chi connectivity index (χ2n) is 9.84. The van der Waals surface area contributed by atoms with Gasteiger partial charge in [0.1, 0.15) is 0 Å². The SMILES string of the molecule is CCC1CC(CC(C)N(CC)CCCc2ccccc2)=CC=C1CN1CCCCCC1. The minimum absolute atomic E-state index is 0.630. The summed E-state index contributed by atoms with van der Waals surface area (Å²) in [6.45, 7) is 13.3. The lowest BCUT2D eigenvalue weighted by atomic mass is 9.83. The molecule has 0 bridgehead atoms. The van der Waals surface area contributed by atoms with E-state index in [9.17, 15) is 0 Å². The summed E-state index contributed by atoms with van der Waals surface area (Å²) in [5.74, 6) is 0.753. The summed E-state index contributed by atoms with van der Waals surface area (Å²) in [6.07, 6.45) is 16.8. The number of likely N-dealkylation sites (tertiary alicyclic amines) is 1. The van der Waals surface area contributed by atoms with E-state index in [0.717, 1.165) is 12.5 Å². The summed E-state index contributed by atoms with van der Waals surface area (Å²) >= 11 is 0. The third kappa shape index (κ3) is 7.91. The third-order valence-electron chi connectivity index (χ3n) is 7.50. The summed E-state index contributed by atoms with van der Waals surface area (Å²) in [4.78, 5) is 5.40. The Morgan fingerprint density at radius 2 is 1.74 bits per heavy atom. The van der Waals surface area contributed by atoms with E-state index in [0.29, 0.717) is 6.04 Å². The van der Waals surface area contributed by atoms with Gasteiger partial charge < -0.3 is 4.90 Å². The van der Waals surface area contributed by atoms with Crippen molar-refractivity contribution in [2.75, 3.05) is 32.7 Å². The lowest BCUT2D eigenvalue weighted by Gasteiger charge is -2.32. The van der Waals surface area contributed by atoms with Crippen LogP contribution < -0.4 is 0 Å².